The Morgan fingerprint density at radius 3 is 2.69 bits per heavy atom. The maximum Gasteiger partial charge on any atom is 0.156 e. The van der Waals surface area contributed by atoms with Crippen molar-refractivity contribution in [3.63, 3.8) is 0 Å². The van der Waals surface area contributed by atoms with Gasteiger partial charge in [-0.1, -0.05) is 30.0 Å². The van der Waals surface area contributed by atoms with Crippen LogP contribution in [0.15, 0.2) is 47.1 Å². The summed E-state index contributed by atoms with van der Waals surface area (Å²) in [7, 11) is 5.80. The van der Waals surface area contributed by atoms with Crippen molar-refractivity contribution in [2.75, 3.05) is 26.1 Å². The van der Waals surface area contributed by atoms with Crippen molar-refractivity contribution in [1.82, 2.24) is 0 Å². The summed E-state index contributed by atoms with van der Waals surface area (Å²) >= 11 is 0. The van der Waals surface area contributed by atoms with E-state index in [-0.39, 0.29) is 5.92 Å². The van der Waals surface area contributed by atoms with E-state index in [0.29, 0.717) is 23.5 Å². The van der Waals surface area contributed by atoms with Gasteiger partial charge in [0.15, 0.2) is 5.78 Å². The first-order valence-electron chi connectivity index (χ1n) is 12.3. The van der Waals surface area contributed by atoms with Gasteiger partial charge in [0, 0.05) is 38.5 Å². The summed E-state index contributed by atoms with van der Waals surface area (Å²) in [6, 6.07) is 8.88. The second-order valence-electron chi connectivity index (χ2n) is 10.5. The Hall–Kier alpha value is -2.47. The van der Waals surface area contributed by atoms with E-state index in [0.717, 1.165) is 18.8 Å². The number of benzene rings is 1. The van der Waals surface area contributed by atoms with Crippen molar-refractivity contribution >= 4 is 11.5 Å². The highest BCUT2D eigenvalue weighted by atomic mass is 16.5. The number of ether oxygens (including phenoxy) is 1. The smallest absolute Gasteiger partial charge is 0.156 e. The first-order valence-corrected chi connectivity index (χ1v) is 12.3. The minimum Gasteiger partial charge on any atom is -0.450 e. The number of hydrogen-bond donors (Lipinski definition) is 0. The van der Waals surface area contributed by atoms with E-state index in [4.69, 9.17) is 4.74 Å². The molecule has 0 aliphatic heterocycles. The summed E-state index contributed by atoms with van der Waals surface area (Å²) in [4.78, 5) is 14.8. The zero-order valence-corrected chi connectivity index (χ0v) is 19.7. The van der Waals surface area contributed by atoms with E-state index < -0.39 is 0 Å². The second kappa shape index (κ2) is 8.47. The van der Waals surface area contributed by atoms with E-state index in [2.05, 4.69) is 55.3 Å². The molecule has 0 N–H and O–H groups in total. The molecule has 0 aromatic heterocycles. The van der Waals surface area contributed by atoms with Crippen LogP contribution >= 0.6 is 0 Å². The summed E-state index contributed by atoms with van der Waals surface area (Å²) in [5, 5.41) is 0. The fraction of sp³-hybridized carbons (Fsp3) is 0.552. The van der Waals surface area contributed by atoms with Crippen molar-refractivity contribution in [3.05, 3.63) is 52.6 Å². The molecule has 4 atom stereocenters. The summed E-state index contributed by atoms with van der Waals surface area (Å²) in [5.41, 5.74) is 7.41. The van der Waals surface area contributed by atoms with Gasteiger partial charge in [0.25, 0.3) is 0 Å². The lowest BCUT2D eigenvalue weighted by atomic mass is 9.55. The van der Waals surface area contributed by atoms with Gasteiger partial charge < -0.3 is 9.64 Å². The minimum absolute atomic E-state index is 0.221. The van der Waals surface area contributed by atoms with Crippen molar-refractivity contribution in [1.29, 1.82) is 0 Å². The number of methoxy groups -OCH3 is 1. The van der Waals surface area contributed by atoms with Crippen LogP contribution in [0.1, 0.15) is 69.3 Å². The molecule has 2 fully saturated rings. The number of carbonyl (C=O) groups excluding carboxylic acids is 1. The Morgan fingerprint density at radius 1 is 1.12 bits per heavy atom. The van der Waals surface area contributed by atoms with Crippen LogP contribution in [-0.4, -0.2) is 27.0 Å². The molecule has 0 heterocycles. The predicted molar refractivity (Wildman–Crippen MR) is 129 cm³/mol. The van der Waals surface area contributed by atoms with Gasteiger partial charge >= 0.3 is 0 Å². The van der Waals surface area contributed by atoms with Crippen molar-refractivity contribution in [2.45, 2.75) is 63.7 Å². The van der Waals surface area contributed by atoms with Crippen LogP contribution < -0.4 is 4.90 Å². The standard InChI is InChI=1S/C29H35NO2/c1-30(2)22-10-7-20(8-11-22)26-19-23(31)18-21-9-12-24-25(28(21)26)13-16-29(15-5-17-32-3)14-4-6-27(24)29/h7-8,10-11,18,24,26-27H,4,6,9,12-16,19H2,1-3H3/t24-,26+,27+,29?/m1/s1. The van der Waals surface area contributed by atoms with Gasteiger partial charge in [-0.2, -0.15) is 0 Å². The molecule has 1 aromatic carbocycles. The van der Waals surface area contributed by atoms with E-state index >= 15 is 0 Å². The van der Waals surface area contributed by atoms with Gasteiger partial charge in [-0.3, -0.25) is 4.79 Å². The van der Waals surface area contributed by atoms with Gasteiger partial charge in [-0.05, 0) is 90.7 Å². The molecule has 0 bridgehead atoms. The Balaban J connectivity index is 1.53. The van der Waals surface area contributed by atoms with Gasteiger partial charge in [-0.25, -0.2) is 0 Å². The van der Waals surface area contributed by atoms with E-state index in [1.807, 2.05) is 6.08 Å². The first-order chi connectivity index (χ1) is 15.5. The average Bonchev–Trinajstić information content (AvgIpc) is 3.23. The molecule has 3 heteroatoms. The van der Waals surface area contributed by atoms with E-state index in [1.165, 1.54) is 60.9 Å². The monoisotopic (exact) mass is 429 g/mol. The minimum atomic E-state index is 0.221. The van der Waals surface area contributed by atoms with Crippen molar-refractivity contribution in [2.24, 2.45) is 17.3 Å². The number of anilines is 1. The molecule has 0 spiro atoms. The molecule has 0 radical (unpaired) electrons. The first kappa shape index (κ1) is 21.4. The zero-order valence-electron chi connectivity index (χ0n) is 19.7. The van der Waals surface area contributed by atoms with Crippen LogP contribution in [0.2, 0.25) is 0 Å². The normalized spacial score (nSPS) is 31.0. The number of fused-ring (bicyclic) bond motifs is 4. The van der Waals surface area contributed by atoms with Gasteiger partial charge in [0.05, 0.1) is 7.11 Å². The molecular weight excluding hydrogens is 394 g/mol. The Kier molecular flexibility index (Phi) is 5.66. The summed E-state index contributed by atoms with van der Waals surface area (Å²) in [5.74, 6) is 5.25. The average molecular weight is 430 g/mol. The molecule has 2 saturated carbocycles. The molecule has 1 aromatic rings. The van der Waals surface area contributed by atoms with Crippen LogP contribution in [0, 0.1) is 29.3 Å². The number of ketones is 1. The summed E-state index contributed by atoms with van der Waals surface area (Å²) in [6.45, 7) is 0. The summed E-state index contributed by atoms with van der Waals surface area (Å²) in [6.07, 6.45) is 15.1. The third kappa shape index (κ3) is 3.58. The number of carbonyl (C=O) groups is 1. The molecule has 0 saturated heterocycles. The molecule has 0 amide bonds. The van der Waals surface area contributed by atoms with Gasteiger partial charge in [0.2, 0.25) is 0 Å². The van der Waals surface area contributed by atoms with Crippen LogP contribution in [-0.2, 0) is 9.53 Å². The van der Waals surface area contributed by atoms with Crippen molar-refractivity contribution in [3.8, 4) is 12.0 Å². The third-order valence-corrected chi connectivity index (χ3v) is 8.73. The maximum atomic E-state index is 12.7. The molecule has 1 unspecified atom stereocenters. The largest absolute Gasteiger partial charge is 0.450 e. The lowest BCUT2D eigenvalue weighted by Crippen LogP contribution is -2.39. The van der Waals surface area contributed by atoms with Crippen LogP contribution in [0.25, 0.3) is 0 Å². The van der Waals surface area contributed by atoms with E-state index in [1.54, 1.807) is 12.7 Å². The molecule has 3 nitrogen and oxygen atoms in total. The van der Waals surface area contributed by atoms with Crippen LogP contribution in [0.3, 0.4) is 0 Å². The molecule has 5 rings (SSSR count). The quantitative estimate of drug-likeness (QED) is 0.550. The van der Waals surface area contributed by atoms with Crippen LogP contribution in [0.5, 0.6) is 0 Å². The molecule has 168 valence electrons. The maximum absolute atomic E-state index is 12.7. The predicted octanol–water partition coefficient (Wildman–Crippen LogP) is 6.02. The highest BCUT2D eigenvalue weighted by Crippen LogP contribution is 2.62. The lowest BCUT2D eigenvalue weighted by Gasteiger charge is -2.49. The Bertz CT molecular complexity index is 1020. The molecule has 4 aliphatic rings. The number of allylic oxidation sites excluding steroid dienone is 4. The molecule has 32 heavy (non-hydrogen) atoms. The number of hydrogen-bond acceptors (Lipinski definition) is 3. The SMILES string of the molecule is COC#CCC12CCC[C@H]1[C@@H]1CCC3=CC(=O)C[C@@H](c4ccc(N(C)C)cc4)C3=C1CC2. The Labute approximate surface area is 192 Å². The third-order valence-electron chi connectivity index (χ3n) is 8.73. The number of rotatable bonds is 3. The molecule has 4 aliphatic carbocycles. The van der Waals surface area contributed by atoms with E-state index in [9.17, 15) is 4.79 Å². The highest BCUT2D eigenvalue weighted by Gasteiger charge is 2.51. The fourth-order valence-electron chi connectivity index (χ4n) is 7.31. The van der Waals surface area contributed by atoms with Gasteiger partial charge in [0.1, 0.15) is 6.11 Å². The number of nitrogens with zero attached hydrogens (tertiary/aromatic N) is 1. The van der Waals surface area contributed by atoms with Crippen molar-refractivity contribution < 1.29 is 9.53 Å². The molecular formula is C29H35NO2. The zero-order chi connectivity index (χ0) is 22.3. The lowest BCUT2D eigenvalue weighted by molar-refractivity contribution is -0.115. The van der Waals surface area contributed by atoms with Crippen LogP contribution in [0.4, 0.5) is 5.69 Å². The van der Waals surface area contributed by atoms with Gasteiger partial charge in [-0.15, -0.1) is 0 Å². The fourth-order valence-corrected chi connectivity index (χ4v) is 7.31. The summed E-state index contributed by atoms with van der Waals surface area (Å²) < 4.78 is 5.04. The highest BCUT2D eigenvalue weighted by molar-refractivity contribution is 5.94. The second-order valence-corrected chi connectivity index (χ2v) is 10.5. The topological polar surface area (TPSA) is 29.5 Å². The Morgan fingerprint density at radius 2 is 1.94 bits per heavy atom.